The van der Waals surface area contributed by atoms with Gasteiger partial charge >= 0.3 is 0 Å². The van der Waals surface area contributed by atoms with Crippen molar-refractivity contribution in [2.45, 2.75) is 12.5 Å². The molecule has 0 aliphatic carbocycles. The van der Waals surface area contributed by atoms with E-state index < -0.39 is 5.82 Å². The predicted octanol–water partition coefficient (Wildman–Crippen LogP) is 4.27. The summed E-state index contributed by atoms with van der Waals surface area (Å²) in [5.74, 6) is -0.408. The average Bonchev–Trinajstić information content (AvgIpc) is 2.51. The summed E-state index contributed by atoms with van der Waals surface area (Å²) in [6.45, 7) is 0. The Balaban J connectivity index is 1.97. The van der Waals surface area contributed by atoms with Crippen LogP contribution in [0.2, 0.25) is 5.02 Å². The third kappa shape index (κ3) is 2.75. The van der Waals surface area contributed by atoms with Crippen molar-refractivity contribution in [3.8, 4) is 0 Å². The molecular formula is C17H14ClFN2. The first kappa shape index (κ1) is 14.0. The van der Waals surface area contributed by atoms with Gasteiger partial charge in [0.05, 0.1) is 16.8 Å². The van der Waals surface area contributed by atoms with Crippen LogP contribution < -0.4 is 5.73 Å². The third-order valence-electron chi connectivity index (χ3n) is 3.53. The second kappa shape index (κ2) is 5.80. The van der Waals surface area contributed by atoms with Crippen molar-refractivity contribution in [2.75, 3.05) is 0 Å². The summed E-state index contributed by atoms with van der Waals surface area (Å²) in [5.41, 5.74) is 7.52. The van der Waals surface area contributed by atoms with Crippen LogP contribution in [0.3, 0.4) is 0 Å². The first-order chi connectivity index (χ1) is 10.2. The van der Waals surface area contributed by atoms with Gasteiger partial charge in [-0.1, -0.05) is 48.0 Å². The lowest BCUT2D eigenvalue weighted by molar-refractivity contribution is 0.591. The quantitative estimate of drug-likeness (QED) is 0.784. The van der Waals surface area contributed by atoms with E-state index in [-0.39, 0.29) is 11.1 Å². The Hall–Kier alpha value is -1.97. The van der Waals surface area contributed by atoms with E-state index in [1.54, 1.807) is 18.3 Å². The van der Waals surface area contributed by atoms with Crippen LogP contribution in [0, 0.1) is 5.82 Å². The van der Waals surface area contributed by atoms with E-state index in [0.29, 0.717) is 12.0 Å². The molecule has 4 heteroatoms. The molecule has 0 aliphatic rings. The molecule has 21 heavy (non-hydrogen) atoms. The van der Waals surface area contributed by atoms with Gasteiger partial charge in [-0.3, -0.25) is 4.98 Å². The maximum Gasteiger partial charge on any atom is 0.145 e. The summed E-state index contributed by atoms with van der Waals surface area (Å²) in [5, 5.41) is 2.19. The molecule has 2 nitrogen and oxygen atoms in total. The zero-order chi connectivity index (χ0) is 14.8. The lowest BCUT2D eigenvalue weighted by atomic mass is 9.99. The Kier molecular flexibility index (Phi) is 3.86. The number of nitrogens with zero attached hydrogens (tertiary/aromatic N) is 1. The Bertz CT molecular complexity index is 783. The summed E-state index contributed by atoms with van der Waals surface area (Å²) in [6, 6.07) is 14.4. The maximum atomic E-state index is 14.0. The van der Waals surface area contributed by atoms with Crippen molar-refractivity contribution in [1.29, 1.82) is 0 Å². The number of hydrogen-bond acceptors (Lipinski definition) is 2. The lowest BCUT2D eigenvalue weighted by Gasteiger charge is -2.14. The average molecular weight is 301 g/mol. The van der Waals surface area contributed by atoms with Gasteiger partial charge in [0.1, 0.15) is 5.82 Å². The van der Waals surface area contributed by atoms with E-state index in [2.05, 4.69) is 4.98 Å². The fourth-order valence-corrected chi connectivity index (χ4v) is 2.67. The molecule has 1 aromatic heterocycles. The molecule has 106 valence electrons. The van der Waals surface area contributed by atoms with Crippen molar-refractivity contribution in [2.24, 2.45) is 5.73 Å². The van der Waals surface area contributed by atoms with Gasteiger partial charge in [0.15, 0.2) is 0 Å². The fourth-order valence-electron chi connectivity index (χ4n) is 2.48. The van der Waals surface area contributed by atoms with Crippen LogP contribution in [0.4, 0.5) is 4.39 Å². The van der Waals surface area contributed by atoms with Gasteiger partial charge in [0.25, 0.3) is 0 Å². The van der Waals surface area contributed by atoms with Gasteiger partial charge in [-0.2, -0.15) is 0 Å². The Morgan fingerprint density at radius 2 is 1.90 bits per heavy atom. The summed E-state index contributed by atoms with van der Waals surface area (Å²) < 4.78 is 14.0. The monoisotopic (exact) mass is 300 g/mol. The highest BCUT2D eigenvalue weighted by molar-refractivity contribution is 6.30. The normalized spacial score (nSPS) is 12.5. The number of rotatable bonds is 3. The summed E-state index contributed by atoms with van der Waals surface area (Å²) in [7, 11) is 0. The number of benzene rings is 2. The first-order valence-electron chi connectivity index (χ1n) is 6.69. The fraction of sp³-hybridized carbons (Fsp3) is 0.118. The highest BCUT2D eigenvalue weighted by Gasteiger charge is 2.15. The Morgan fingerprint density at radius 1 is 1.10 bits per heavy atom. The summed E-state index contributed by atoms with van der Waals surface area (Å²) in [6.07, 6.45) is 2.08. The molecule has 1 unspecified atom stereocenters. The molecule has 1 atom stereocenters. The molecule has 0 aliphatic heterocycles. The van der Waals surface area contributed by atoms with Crippen LogP contribution in [-0.2, 0) is 6.42 Å². The second-order valence-electron chi connectivity index (χ2n) is 4.94. The van der Waals surface area contributed by atoms with Crippen molar-refractivity contribution < 1.29 is 4.39 Å². The van der Waals surface area contributed by atoms with Crippen LogP contribution >= 0.6 is 11.6 Å². The minimum atomic E-state index is -0.408. The molecule has 0 fully saturated rings. The minimum absolute atomic E-state index is 0.116. The Morgan fingerprint density at radius 3 is 2.76 bits per heavy atom. The minimum Gasteiger partial charge on any atom is -0.322 e. The van der Waals surface area contributed by atoms with Crippen LogP contribution in [0.15, 0.2) is 54.7 Å². The van der Waals surface area contributed by atoms with E-state index in [1.807, 2.05) is 30.3 Å². The lowest BCUT2D eigenvalue weighted by Crippen LogP contribution is -2.16. The van der Waals surface area contributed by atoms with Crippen molar-refractivity contribution in [1.82, 2.24) is 4.98 Å². The smallest absolute Gasteiger partial charge is 0.145 e. The molecule has 0 spiro atoms. The second-order valence-corrected chi connectivity index (χ2v) is 5.35. The molecule has 1 heterocycles. The van der Waals surface area contributed by atoms with Gasteiger partial charge in [0, 0.05) is 11.6 Å². The molecule has 0 radical (unpaired) electrons. The van der Waals surface area contributed by atoms with E-state index in [0.717, 1.165) is 16.5 Å². The molecule has 3 rings (SSSR count). The van der Waals surface area contributed by atoms with Gasteiger partial charge in [-0.25, -0.2) is 4.39 Å². The van der Waals surface area contributed by atoms with Gasteiger partial charge in [-0.05, 0) is 29.5 Å². The number of fused-ring (bicyclic) bond motifs is 1. The molecule has 0 amide bonds. The Labute approximate surface area is 127 Å². The number of halogens is 2. The topological polar surface area (TPSA) is 38.9 Å². The highest BCUT2D eigenvalue weighted by Crippen LogP contribution is 2.25. The van der Waals surface area contributed by atoms with E-state index in [9.17, 15) is 4.39 Å². The van der Waals surface area contributed by atoms with Gasteiger partial charge < -0.3 is 5.73 Å². The van der Waals surface area contributed by atoms with Crippen LogP contribution in [0.1, 0.15) is 17.3 Å². The van der Waals surface area contributed by atoms with Crippen LogP contribution in [0.25, 0.3) is 10.8 Å². The van der Waals surface area contributed by atoms with Crippen LogP contribution in [0.5, 0.6) is 0 Å². The summed E-state index contributed by atoms with van der Waals surface area (Å²) in [4.78, 5) is 4.37. The SMILES string of the molecule is NC(Cc1cccc(Cl)c1F)c1nccc2ccccc12. The molecule has 0 saturated carbocycles. The standard InChI is InChI=1S/C17H14ClFN2/c18-14-7-3-5-12(16(14)19)10-15(20)17-13-6-2-1-4-11(13)8-9-21-17/h1-9,15H,10,20H2. The molecule has 0 saturated heterocycles. The number of pyridine rings is 1. The van der Waals surface area contributed by atoms with E-state index in [1.165, 1.54) is 6.07 Å². The largest absolute Gasteiger partial charge is 0.322 e. The molecule has 2 aromatic carbocycles. The first-order valence-corrected chi connectivity index (χ1v) is 7.06. The van der Waals surface area contributed by atoms with E-state index in [4.69, 9.17) is 17.3 Å². The molecular weight excluding hydrogens is 287 g/mol. The predicted molar refractivity (Wildman–Crippen MR) is 83.8 cm³/mol. The van der Waals surface area contributed by atoms with Crippen molar-refractivity contribution >= 4 is 22.4 Å². The highest BCUT2D eigenvalue weighted by atomic mass is 35.5. The maximum absolute atomic E-state index is 14.0. The number of hydrogen-bond donors (Lipinski definition) is 1. The molecule has 2 N–H and O–H groups in total. The van der Waals surface area contributed by atoms with Gasteiger partial charge in [-0.15, -0.1) is 0 Å². The number of nitrogens with two attached hydrogens (primary N) is 1. The zero-order valence-electron chi connectivity index (χ0n) is 11.3. The van der Waals surface area contributed by atoms with E-state index >= 15 is 0 Å². The van der Waals surface area contributed by atoms with Crippen molar-refractivity contribution in [3.63, 3.8) is 0 Å². The molecule has 3 aromatic rings. The van der Waals surface area contributed by atoms with Crippen molar-refractivity contribution in [3.05, 3.63) is 76.8 Å². The van der Waals surface area contributed by atoms with Gasteiger partial charge in [0.2, 0.25) is 0 Å². The van der Waals surface area contributed by atoms with Crippen LogP contribution in [-0.4, -0.2) is 4.98 Å². The third-order valence-corrected chi connectivity index (χ3v) is 3.82. The summed E-state index contributed by atoms with van der Waals surface area (Å²) >= 11 is 5.81. The molecule has 0 bridgehead atoms. The number of aromatic nitrogens is 1. The zero-order valence-corrected chi connectivity index (χ0v) is 12.0.